The van der Waals surface area contributed by atoms with Crippen LogP contribution in [0.3, 0.4) is 0 Å². The first-order valence-corrected chi connectivity index (χ1v) is 8.79. The van der Waals surface area contributed by atoms with Crippen LogP contribution in [-0.4, -0.2) is 24.5 Å². The van der Waals surface area contributed by atoms with E-state index in [1.807, 2.05) is 24.3 Å². The van der Waals surface area contributed by atoms with Crippen LogP contribution in [0, 0.1) is 0 Å². The second kappa shape index (κ2) is 7.87. The minimum atomic E-state index is -0.693. The molecule has 3 aromatic rings. The molecule has 1 aromatic heterocycles. The fourth-order valence-electron chi connectivity index (χ4n) is 2.76. The number of anilines is 1. The molecule has 1 atom stereocenters. The predicted molar refractivity (Wildman–Crippen MR) is 101 cm³/mol. The third-order valence-corrected chi connectivity index (χ3v) is 4.22. The summed E-state index contributed by atoms with van der Waals surface area (Å²) in [7, 11) is 0. The van der Waals surface area contributed by atoms with Gasteiger partial charge in [-0.25, -0.2) is 0 Å². The Hall–Kier alpha value is -3.74. The number of benzene rings is 2. The Labute approximate surface area is 161 Å². The molecule has 0 spiro atoms. The molecule has 1 unspecified atom stereocenters. The number of rotatable bonds is 5. The van der Waals surface area contributed by atoms with E-state index in [-0.39, 0.29) is 24.2 Å². The number of hydrogen-bond donors (Lipinski definition) is 2. The van der Waals surface area contributed by atoms with E-state index in [0.717, 1.165) is 5.56 Å². The van der Waals surface area contributed by atoms with Gasteiger partial charge in [-0.15, -0.1) is 0 Å². The summed E-state index contributed by atoms with van der Waals surface area (Å²) in [6, 6.07) is 17.7. The molecule has 0 radical (unpaired) electrons. The number of fused-ring (bicyclic) bond motifs is 1. The molecule has 2 heterocycles. The van der Waals surface area contributed by atoms with Crippen LogP contribution in [0.2, 0.25) is 0 Å². The summed E-state index contributed by atoms with van der Waals surface area (Å²) in [5, 5.41) is 5.58. The number of furan rings is 1. The summed E-state index contributed by atoms with van der Waals surface area (Å²) >= 11 is 0. The largest absolute Gasteiger partial charge is 0.485 e. The van der Waals surface area contributed by atoms with E-state index < -0.39 is 6.10 Å². The summed E-state index contributed by atoms with van der Waals surface area (Å²) in [6.45, 7) is 0.507. The van der Waals surface area contributed by atoms with Crippen LogP contribution >= 0.6 is 0 Å². The van der Waals surface area contributed by atoms with Gasteiger partial charge in [0.05, 0.1) is 6.26 Å². The quantitative estimate of drug-likeness (QED) is 0.712. The van der Waals surface area contributed by atoms with Crippen molar-refractivity contribution in [2.24, 2.45) is 0 Å². The van der Waals surface area contributed by atoms with Crippen molar-refractivity contribution in [3.05, 3.63) is 78.3 Å². The van der Waals surface area contributed by atoms with Gasteiger partial charge >= 0.3 is 0 Å². The average Bonchev–Trinajstić information content (AvgIpc) is 3.28. The Morgan fingerprint density at radius 2 is 1.75 bits per heavy atom. The van der Waals surface area contributed by atoms with E-state index in [9.17, 15) is 9.59 Å². The highest BCUT2D eigenvalue weighted by Gasteiger charge is 2.26. The van der Waals surface area contributed by atoms with Crippen LogP contribution in [0.15, 0.2) is 71.3 Å². The molecule has 142 valence electrons. The molecule has 0 saturated heterocycles. The van der Waals surface area contributed by atoms with E-state index in [4.69, 9.17) is 13.9 Å². The van der Waals surface area contributed by atoms with Gasteiger partial charge in [-0.1, -0.05) is 24.3 Å². The molecule has 7 heteroatoms. The molecular weight excluding hydrogens is 360 g/mol. The first-order chi connectivity index (χ1) is 13.7. The van der Waals surface area contributed by atoms with Gasteiger partial charge in [0.25, 0.3) is 11.8 Å². The van der Waals surface area contributed by atoms with Crippen LogP contribution in [0.25, 0.3) is 0 Å². The lowest BCUT2D eigenvalue weighted by Gasteiger charge is -2.25. The van der Waals surface area contributed by atoms with E-state index in [1.165, 1.54) is 6.26 Å². The van der Waals surface area contributed by atoms with Crippen LogP contribution in [0.5, 0.6) is 11.5 Å². The Balaban J connectivity index is 1.29. The second-order valence-electron chi connectivity index (χ2n) is 6.21. The van der Waals surface area contributed by atoms with Gasteiger partial charge in [-0.05, 0) is 42.0 Å². The molecule has 1 aliphatic heterocycles. The fourth-order valence-corrected chi connectivity index (χ4v) is 2.76. The lowest BCUT2D eigenvalue weighted by Crippen LogP contribution is -2.43. The monoisotopic (exact) mass is 378 g/mol. The average molecular weight is 378 g/mol. The molecule has 2 amide bonds. The van der Waals surface area contributed by atoms with Gasteiger partial charge in [0.1, 0.15) is 6.61 Å². The topological polar surface area (TPSA) is 89.8 Å². The number of nitrogens with one attached hydrogen (secondary N) is 2. The highest BCUT2D eigenvalue weighted by molar-refractivity contribution is 6.02. The maximum absolute atomic E-state index is 12.3. The predicted octanol–water partition coefficient (Wildman–Crippen LogP) is 2.99. The Morgan fingerprint density at radius 1 is 0.964 bits per heavy atom. The minimum Gasteiger partial charge on any atom is -0.485 e. The van der Waals surface area contributed by atoms with Gasteiger partial charge in [-0.2, -0.15) is 0 Å². The maximum atomic E-state index is 12.3. The second-order valence-corrected chi connectivity index (χ2v) is 6.21. The molecule has 2 aromatic carbocycles. The highest BCUT2D eigenvalue weighted by Crippen LogP contribution is 2.30. The zero-order valence-corrected chi connectivity index (χ0v) is 14.9. The fraction of sp³-hybridized carbons (Fsp3) is 0.143. The van der Waals surface area contributed by atoms with Crippen molar-refractivity contribution >= 4 is 17.5 Å². The number of para-hydroxylation sites is 2. The van der Waals surface area contributed by atoms with Gasteiger partial charge < -0.3 is 24.5 Å². The minimum absolute atomic E-state index is 0.167. The number of carbonyl (C=O) groups excluding carboxylic acids is 2. The Kier molecular flexibility index (Phi) is 4.97. The molecule has 0 aliphatic carbocycles. The number of hydrogen-bond acceptors (Lipinski definition) is 5. The SMILES string of the molecule is O=C(Nc1ccc(CNC(=O)C2COc3ccccc3O2)cc1)c1ccco1. The lowest BCUT2D eigenvalue weighted by atomic mass is 10.2. The highest BCUT2D eigenvalue weighted by atomic mass is 16.6. The standard InChI is InChI=1S/C21H18N2O5/c24-20(19-13-27-16-4-1-2-5-17(16)28-19)22-12-14-7-9-15(10-8-14)23-21(25)18-6-3-11-26-18/h1-11,19H,12-13H2,(H,22,24)(H,23,25). The lowest BCUT2D eigenvalue weighted by molar-refractivity contribution is -0.130. The molecule has 28 heavy (non-hydrogen) atoms. The van der Waals surface area contributed by atoms with Crippen LogP contribution in [-0.2, 0) is 11.3 Å². The molecular formula is C21H18N2O5. The van der Waals surface area contributed by atoms with E-state index >= 15 is 0 Å². The van der Waals surface area contributed by atoms with Crippen molar-refractivity contribution < 1.29 is 23.5 Å². The molecule has 4 rings (SSSR count). The zero-order chi connectivity index (χ0) is 19.3. The first-order valence-electron chi connectivity index (χ1n) is 8.79. The van der Waals surface area contributed by atoms with Gasteiger partial charge in [0.15, 0.2) is 17.3 Å². The number of amides is 2. The molecule has 0 fully saturated rings. The van der Waals surface area contributed by atoms with E-state index in [2.05, 4.69) is 10.6 Å². The van der Waals surface area contributed by atoms with Crippen molar-refractivity contribution in [2.45, 2.75) is 12.6 Å². The van der Waals surface area contributed by atoms with Crippen molar-refractivity contribution in [3.8, 4) is 11.5 Å². The van der Waals surface area contributed by atoms with E-state index in [0.29, 0.717) is 23.7 Å². The summed E-state index contributed by atoms with van der Waals surface area (Å²) in [5.74, 6) is 0.877. The number of carbonyl (C=O) groups is 2. The van der Waals surface area contributed by atoms with Gasteiger partial charge in [0.2, 0.25) is 6.10 Å². The van der Waals surface area contributed by atoms with Crippen LogP contribution < -0.4 is 20.1 Å². The van der Waals surface area contributed by atoms with Gasteiger partial charge in [0, 0.05) is 12.2 Å². The molecule has 2 N–H and O–H groups in total. The van der Waals surface area contributed by atoms with Crippen LogP contribution in [0.4, 0.5) is 5.69 Å². The third-order valence-electron chi connectivity index (χ3n) is 4.22. The Bertz CT molecular complexity index is 967. The van der Waals surface area contributed by atoms with E-state index in [1.54, 1.807) is 36.4 Å². The van der Waals surface area contributed by atoms with Crippen molar-refractivity contribution in [1.29, 1.82) is 0 Å². The smallest absolute Gasteiger partial charge is 0.291 e. The molecule has 7 nitrogen and oxygen atoms in total. The molecule has 1 aliphatic rings. The molecule has 0 saturated carbocycles. The van der Waals surface area contributed by atoms with Crippen molar-refractivity contribution in [1.82, 2.24) is 5.32 Å². The van der Waals surface area contributed by atoms with Crippen LogP contribution in [0.1, 0.15) is 16.1 Å². The van der Waals surface area contributed by atoms with Crippen molar-refractivity contribution in [3.63, 3.8) is 0 Å². The summed E-state index contributed by atoms with van der Waals surface area (Å²) in [5.41, 5.74) is 1.53. The molecule has 0 bridgehead atoms. The zero-order valence-electron chi connectivity index (χ0n) is 14.9. The summed E-state index contributed by atoms with van der Waals surface area (Å²) in [6.07, 6.45) is 0.752. The van der Waals surface area contributed by atoms with Gasteiger partial charge in [-0.3, -0.25) is 9.59 Å². The van der Waals surface area contributed by atoms with Crippen molar-refractivity contribution in [2.75, 3.05) is 11.9 Å². The first kappa shape index (κ1) is 17.7. The normalized spacial score (nSPS) is 14.9. The number of ether oxygens (including phenoxy) is 2. The summed E-state index contributed by atoms with van der Waals surface area (Å²) < 4.78 is 16.3. The summed E-state index contributed by atoms with van der Waals surface area (Å²) in [4.78, 5) is 24.3. The third kappa shape index (κ3) is 3.98. The maximum Gasteiger partial charge on any atom is 0.291 e. The Morgan fingerprint density at radius 3 is 2.50 bits per heavy atom.